The molecular formula is C11H12O4. The van der Waals surface area contributed by atoms with Crippen LogP contribution in [0.2, 0.25) is 0 Å². The number of ether oxygens (including phenoxy) is 2. The number of hydrogen-bond donors (Lipinski definition) is 1. The molecule has 80 valence electrons. The summed E-state index contributed by atoms with van der Waals surface area (Å²) in [5.41, 5.74) is 0. The number of aliphatic hydroxyl groups is 1. The molecule has 0 aromatic heterocycles. The molecule has 1 aromatic carbocycles. The number of carbonyl (C=O) groups excluding carboxylic acids is 1. The first-order chi connectivity index (χ1) is 7.22. The fourth-order valence-electron chi connectivity index (χ4n) is 0.978. The number of para-hydroxylation sites is 1. The van der Waals surface area contributed by atoms with Crippen LogP contribution in [0.1, 0.15) is 6.92 Å². The number of carbonyl (C=O) groups is 1. The summed E-state index contributed by atoms with van der Waals surface area (Å²) in [4.78, 5) is 10.9. The average molecular weight is 208 g/mol. The quantitative estimate of drug-likeness (QED) is 0.356. The van der Waals surface area contributed by atoms with E-state index in [0.717, 1.165) is 6.08 Å². The van der Waals surface area contributed by atoms with Crippen LogP contribution in [0.3, 0.4) is 0 Å². The molecule has 1 unspecified atom stereocenters. The van der Waals surface area contributed by atoms with E-state index in [1.807, 2.05) is 18.2 Å². The molecule has 1 atom stereocenters. The molecule has 15 heavy (non-hydrogen) atoms. The zero-order valence-corrected chi connectivity index (χ0v) is 8.29. The summed E-state index contributed by atoms with van der Waals surface area (Å²) in [5, 5.41) is 8.32. The molecule has 1 N–H and O–H groups in total. The van der Waals surface area contributed by atoms with Crippen LogP contribution in [0.15, 0.2) is 42.7 Å². The summed E-state index contributed by atoms with van der Waals surface area (Å²) in [7, 11) is 0. The van der Waals surface area contributed by atoms with Gasteiger partial charge in [-0.1, -0.05) is 18.2 Å². The van der Waals surface area contributed by atoms with E-state index in [0.29, 0.717) is 12.0 Å². The molecule has 1 rings (SSSR count). The zero-order valence-electron chi connectivity index (χ0n) is 8.29. The van der Waals surface area contributed by atoms with Gasteiger partial charge in [0, 0.05) is 6.92 Å². The van der Waals surface area contributed by atoms with Crippen LogP contribution < -0.4 is 4.74 Å². The Balaban J connectivity index is 2.43. The third kappa shape index (κ3) is 4.17. The summed E-state index contributed by atoms with van der Waals surface area (Å²) < 4.78 is 10.1. The van der Waals surface area contributed by atoms with Gasteiger partial charge in [-0.25, -0.2) is 4.79 Å². The van der Waals surface area contributed by atoms with Gasteiger partial charge < -0.3 is 14.6 Å². The maximum Gasteiger partial charge on any atom is 0.336 e. The second-order valence-electron chi connectivity index (χ2n) is 2.75. The van der Waals surface area contributed by atoms with Gasteiger partial charge in [-0.3, -0.25) is 0 Å². The Kier molecular flexibility index (Phi) is 4.22. The minimum atomic E-state index is -0.698. The van der Waals surface area contributed by atoms with Gasteiger partial charge >= 0.3 is 5.97 Å². The highest BCUT2D eigenvalue weighted by atomic mass is 16.7. The lowest BCUT2D eigenvalue weighted by Crippen LogP contribution is -2.19. The van der Waals surface area contributed by atoms with Gasteiger partial charge in [-0.2, -0.15) is 0 Å². The molecule has 0 radical (unpaired) electrons. The van der Waals surface area contributed by atoms with E-state index in [-0.39, 0.29) is 0 Å². The molecule has 1 aromatic rings. The molecule has 0 aliphatic heterocycles. The van der Waals surface area contributed by atoms with Crippen molar-refractivity contribution in [3.63, 3.8) is 0 Å². The number of esters is 1. The summed E-state index contributed by atoms with van der Waals surface area (Å²) in [6.07, 6.45) is 0.832. The lowest BCUT2D eigenvalue weighted by Gasteiger charge is -2.13. The lowest BCUT2D eigenvalue weighted by molar-refractivity contribution is -0.155. The molecule has 0 aliphatic carbocycles. The van der Waals surface area contributed by atoms with E-state index in [2.05, 4.69) is 0 Å². The lowest BCUT2D eigenvalue weighted by atomic mass is 10.3. The minimum Gasteiger partial charge on any atom is -0.515 e. The topological polar surface area (TPSA) is 55.8 Å². The second-order valence-corrected chi connectivity index (χ2v) is 2.75. The van der Waals surface area contributed by atoms with E-state index in [9.17, 15) is 4.79 Å². The molecule has 0 saturated heterocycles. The Labute approximate surface area is 87.7 Å². The first-order valence-electron chi connectivity index (χ1n) is 4.45. The fraction of sp³-hybridized carbons (Fsp3) is 0.182. The molecule has 4 heteroatoms. The van der Waals surface area contributed by atoms with Crippen molar-refractivity contribution in [2.24, 2.45) is 0 Å². The minimum absolute atomic E-state index is 0.616. The maximum absolute atomic E-state index is 10.9. The van der Waals surface area contributed by atoms with Crippen LogP contribution in [-0.4, -0.2) is 17.4 Å². The van der Waals surface area contributed by atoms with E-state index in [4.69, 9.17) is 14.6 Å². The van der Waals surface area contributed by atoms with Crippen molar-refractivity contribution in [2.45, 2.75) is 13.2 Å². The first-order valence-corrected chi connectivity index (χ1v) is 4.45. The van der Waals surface area contributed by atoms with Crippen molar-refractivity contribution in [2.75, 3.05) is 0 Å². The monoisotopic (exact) mass is 208 g/mol. The Morgan fingerprint density at radius 3 is 2.67 bits per heavy atom. The number of aliphatic hydroxyl groups excluding tert-OH is 1. The standard InChI is InChI=1S/C11H12O4/c1-9(15-11(13)7-8-12)14-10-5-3-2-4-6-10/h2-9,12H,1H3. The molecule has 0 bridgehead atoms. The molecule has 0 heterocycles. The predicted octanol–water partition coefficient (Wildman–Crippen LogP) is 2.03. The van der Waals surface area contributed by atoms with E-state index in [1.54, 1.807) is 19.1 Å². The summed E-state index contributed by atoms with van der Waals surface area (Å²) in [6, 6.07) is 9.01. The molecule has 0 aliphatic rings. The van der Waals surface area contributed by atoms with Crippen molar-refractivity contribution in [3.8, 4) is 5.75 Å². The van der Waals surface area contributed by atoms with Crippen LogP contribution in [0, 0.1) is 0 Å². The third-order valence-corrected chi connectivity index (χ3v) is 1.54. The Morgan fingerprint density at radius 2 is 2.07 bits per heavy atom. The van der Waals surface area contributed by atoms with Crippen LogP contribution in [0.5, 0.6) is 5.75 Å². The van der Waals surface area contributed by atoms with Gasteiger partial charge in [0.05, 0.1) is 12.3 Å². The number of hydrogen-bond acceptors (Lipinski definition) is 4. The fourth-order valence-corrected chi connectivity index (χ4v) is 0.978. The maximum atomic E-state index is 10.9. The van der Waals surface area contributed by atoms with Gasteiger partial charge in [0.25, 0.3) is 0 Å². The Hall–Kier alpha value is -1.97. The third-order valence-electron chi connectivity index (χ3n) is 1.54. The SMILES string of the molecule is CC(OC(=O)C=CO)Oc1ccccc1. The highest BCUT2D eigenvalue weighted by molar-refractivity contribution is 5.81. The average Bonchev–Trinajstić information content (AvgIpc) is 2.19. The van der Waals surface area contributed by atoms with Crippen molar-refractivity contribution in [1.82, 2.24) is 0 Å². The molecular weight excluding hydrogens is 196 g/mol. The van der Waals surface area contributed by atoms with Crippen molar-refractivity contribution in [3.05, 3.63) is 42.7 Å². The molecule has 0 saturated carbocycles. The van der Waals surface area contributed by atoms with Crippen LogP contribution in [0.25, 0.3) is 0 Å². The van der Waals surface area contributed by atoms with Gasteiger partial charge in [-0.15, -0.1) is 0 Å². The van der Waals surface area contributed by atoms with Gasteiger partial charge in [-0.05, 0) is 12.1 Å². The molecule has 0 fully saturated rings. The van der Waals surface area contributed by atoms with Crippen molar-refractivity contribution in [1.29, 1.82) is 0 Å². The number of rotatable bonds is 4. The molecule has 4 nitrogen and oxygen atoms in total. The highest BCUT2D eigenvalue weighted by Gasteiger charge is 2.07. The normalized spacial score (nSPS) is 12.3. The van der Waals surface area contributed by atoms with Crippen LogP contribution in [-0.2, 0) is 9.53 Å². The van der Waals surface area contributed by atoms with Crippen LogP contribution in [0.4, 0.5) is 0 Å². The van der Waals surface area contributed by atoms with Gasteiger partial charge in [0.15, 0.2) is 0 Å². The molecule has 0 amide bonds. The first kappa shape index (κ1) is 11.1. The Bertz CT molecular complexity index is 332. The smallest absolute Gasteiger partial charge is 0.336 e. The predicted molar refractivity (Wildman–Crippen MR) is 54.4 cm³/mol. The van der Waals surface area contributed by atoms with Crippen molar-refractivity contribution < 1.29 is 19.4 Å². The van der Waals surface area contributed by atoms with Crippen LogP contribution >= 0.6 is 0 Å². The van der Waals surface area contributed by atoms with E-state index >= 15 is 0 Å². The van der Waals surface area contributed by atoms with E-state index < -0.39 is 12.3 Å². The largest absolute Gasteiger partial charge is 0.515 e. The summed E-state index contributed by atoms with van der Waals surface area (Å²) in [5.74, 6) is -0.0355. The Morgan fingerprint density at radius 1 is 1.40 bits per heavy atom. The number of benzene rings is 1. The summed E-state index contributed by atoms with van der Waals surface area (Å²) in [6.45, 7) is 1.59. The van der Waals surface area contributed by atoms with Gasteiger partial charge in [0.2, 0.25) is 6.29 Å². The molecule has 0 spiro atoms. The zero-order chi connectivity index (χ0) is 11.1. The van der Waals surface area contributed by atoms with Gasteiger partial charge in [0.1, 0.15) is 5.75 Å². The second kappa shape index (κ2) is 5.70. The summed E-state index contributed by atoms with van der Waals surface area (Å²) >= 11 is 0. The van der Waals surface area contributed by atoms with Crippen molar-refractivity contribution >= 4 is 5.97 Å². The highest BCUT2D eigenvalue weighted by Crippen LogP contribution is 2.11. The van der Waals surface area contributed by atoms with E-state index in [1.165, 1.54) is 0 Å².